The molecule has 0 aromatic rings. The van der Waals surface area contributed by atoms with Gasteiger partial charge in [-0.25, -0.2) is 0 Å². The zero-order valence-corrected chi connectivity index (χ0v) is 5.57. The van der Waals surface area contributed by atoms with Crippen LogP contribution in [0.4, 0.5) is 0 Å². The third kappa shape index (κ3) is 49.7. The molecule has 0 fully saturated rings. The zero-order chi connectivity index (χ0) is 2.00. The first-order valence-electron chi connectivity index (χ1n) is 0.183. The van der Waals surface area contributed by atoms with Crippen LogP contribution in [0.5, 0.6) is 0 Å². The molecular weight excluding hydrogens is 202 g/mol. The van der Waals surface area contributed by atoms with Crippen molar-refractivity contribution in [3.05, 3.63) is 0 Å². The van der Waals surface area contributed by atoms with E-state index in [0.29, 0.717) is 0 Å². The van der Waals surface area contributed by atoms with E-state index >= 15 is 0 Å². The molecule has 0 amide bonds. The molecule has 0 aliphatic rings. The first kappa shape index (κ1) is 38.9. The molecule has 0 heterocycles. The first-order valence-corrected chi connectivity index (χ1v) is 3.67. The van der Waals surface area contributed by atoms with E-state index in [9.17, 15) is 0 Å². The molecule has 0 aromatic carbocycles. The molecule has 0 saturated heterocycles. The van der Waals surface area contributed by atoms with Gasteiger partial charge in [-0.15, -0.1) is 0 Å². The summed E-state index contributed by atoms with van der Waals surface area (Å²) >= 11 is 1.33. The number of hydrogen-bond acceptors (Lipinski definition) is 4. The van der Waals surface area contributed by atoms with Crippen LogP contribution in [0.1, 0.15) is 0 Å². The van der Waals surface area contributed by atoms with E-state index in [1.54, 1.807) is 0 Å². The van der Waals surface area contributed by atoms with Crippen LogP contribution < -0.4 is 0 Å². The normalized spacial score (nSPS) is 0.800. The molecule has 0 unspecified atom stereocenters. The molecule has 35 valence electrons. The Labute approximate surface area is 46.9 Å². The van der Waals surface area contributed by atoms with Crippen molar-refractivity contribution < 1.29 is 16.4 Å². The Morgan fingerprint density at radius 3 is 0.800 bits per heavy atom. The van der Waals surface area contributed by atoms with Crippen LogP contribution in [0.2, 0.25) is 0 Å². The van der Waals surface area contributed by atoms with Crippen molar-refractivity contribution >= 4 is 30.2 Å². The van der Waals surface area contributed by atoms with Crippen LogP contribution in [-0.2, 0) is 0 Å². The van der Waals surface area contributed by atoms with Crippen molar-refractivity contribution in [3.63, 3.8) is 0 Å². The van der Waals surface area contributed by atoms with Gasteiger partial charge in [0, 0.05) is 0 Å². The molecule has 0 aliphatic heterocycles. The maximum absolute atomic E-state index is 4.13. The second-order valence-electron chi connectivity index (χ2n) is 0. The van der Waals surface area contributed by atoms with Gasteiger partial charge in [0.2, 0.25) is 0 Å². The standard InChI is InChI=1S/3H2O.S.Sb/h3*1H2;;/p-3. The van der Waals surface area contributed by atoms with E-state index in [1.165, 1.54) is 21.1 Å². The molecule has 3 nitrogen and oxygen atoms in total. The quantitative estimate of drug-likeness (QED) is 0.509. The monoisotopic (exact) mass is 204 g/mol. The van der Waals surface area contributed by atoms with Crippen molar-refractivity contribution in [1.82, 2.24) is 0 Å². The minimum absolute atomic E-state index is 0. The topological polar surface area (TPSA) is 90.0 Å². The van der Waals surface area contributed by atoms with Crippen LogP contribution >= 0.6 is 9.19 Å². The molecule has 0 bridgehead atoms. The summed E-state index contributed by atoms with van der Waals surface area (Å²) in [6.45, 7) is 0. The fourth-order valence-electron chi connectivity index (χ4n) is 0. The van der Waals surface area contributed by atoms with Crippen molar-refractivity contribution in [1.29, 1.82) is 0 Å². The molecule has 3 N–H and O–H groups in total. The van der Waals surface area contributed by atoms with Gasteiger partial charge in [-0.3, -0.25) is 0 Å². The summed E-state index contributed by atoms with van der Waals surface area (Å²) in [5.41, 5.74) is 0. The predicted molar refractivity (Wildman–Crippen MR) is 19.2 cm³/mol. The van der Waals surface area contributed by atoms with Crippen molar-refractivity contribution in [2.45, 2.75) is 0 Å². The summed E-state index contributed by atoms with van der Waals surface area (Å²) in [6, 6.07) is 0. The zero-order valence-electron chi connectivity index (χ0n) is 2.20. The SMILES string of the molecule is [OH-].[OH-].[OH-].[S]=[Sb]. The fraction of sp³-hybridized carbons (Fsp3) is 0. The Hall–Kier alpha value is 0.918. The fourth-order valence-corrected chi connectivity index (χ4v) is 0. The Balaban J connectivity index is -0.00000000167. The second-order valence-corrected chi connectivity index (χ2v) is 0. The van der Waals surface area contributed by atoms with Crippen LogP contribution in [0.25, 0.3) is 0 Å². The van der Waals surface area contributed by atoms with Crippen LogP contribution in [-0.4, -0.2) is 37.5 Å². The summed E-state index contributed by atoms with van der Waals surface area (Å²) in [6.07, 6.45) is 0. The Morgan fingerprint density at radius 2 is 0.800 bits per heavy atom. The average Bonchev–Trinajstić information content (AvgIpc) is 1.00. The van der Waals surface area contributed by atoms with Crippen LogP contribution in [0.3, 0.4) is 0 Å². The summed E-state index contributed by atoms with van der Waals surface area (Å²) in [4.78, 5) is 0. The van der Waals surface area contributed by atoms with E-state index in [4.69, 9.17) is 0 Å². The van der Waals surface area contributed by atoms with Gasteiger partial charge in [-0.2, -0.15) is 0 Å². The van der Waals surface area contributed by atoms with Gasteiger partial charge >= 0.3 is 30.2 Å². The van der Waals surface area contributed by atoms with Gasteiger partial charge in [0.05, 0.1) is 0 Å². The molecule has 0 saturated carbocycles. The molecule has 0 atom stereocenters. The summed E-state index contributed by atoms with van der Waals surface area (Å²) < 4.78 is 0. The Kier molecular flexibility index (Phi) is 697. The predicted octanol–water partition coefficient (Wildman–Crippen LogP) is -0.263. The van der Waals surface area contributed by atoms with Gasteiger partial charge in [0.25, 0.3) is 0 Å². The average molecular weight is 205 g/mol. The van der Waals surface area contributed by atoms with Crippen molar-refractivity contribution in [2.75, 3.05) is 0 Å². The van der Waals surface area contributed by atoms with E-state index in [1.807, 2.05) is 0 Å². The van der Waals surface area contributed by atoms with Gasteiger partial charge in [-0.1, -0.05) is 0 Å². The molecule has 0 spiro atoms. The van der Waals surface area contributed by atoms with E-state index in [2.05, 4.69) is 9.19 Å². The van der Waals surface area contributed by atoms with Crippen LogP contribution in [0, 0.1) is 0 Å². The summed E-state index contributed by atoms with van der Waals surface area (Å²) in [5, 5.41) is 0. The molecular formula is H3O3SSb-3. The number of hydrogen-bond donors (Lipinski definition) is 0. The molecule has 5 heavy (non-hydrogen) atoms. The van der Waals surface area contributed by atoms with Gasteiger partial charge in [0.15, 0.2) is 0 Å². The molecule has 1 radical (unpaired) electrons. The minimum atomic E-state index is 0. The Morgan fingerprint density at radius 1 is 0.800 bits per heavy atom. The molecule has 0 aliphatic carbocycles. The third-order valence-electron chi connectivity index (χ3n) is 0. The van der Waals surface area contributed by atoms with Gasteiger partial charge in [-0.05, 0) is 0 Å². The molecule has 5 heteroatoms. The Bertz CT molecular complexity index is 6.85. The van der Waals surface area contributed by atoms with Gasteiger partial charge < -0.3 is 16.4 Å². The van der Waals surface area contributed by atoms with Crippen LogP contribution in [0.15, 0.2) is 0 Å². The first-order chi connectivity index (χ1) is 1.00. The second kappa shape index (κ2) is 89.6. The maximum atomic E-state index is 4.13. The van der Waals surface area contributed by atoms with Gasteiger partial charge in [0.1, 0.15) is 0 Å². The third-order valence-corrected chi connectivity index (χ3v) is 0. The van der Waals surface area contributed by atoms with Crippen molar-refractivity contribution in [3.8, 4) is 0 Å². The number of rotatable bonds is 0. The molecule has 0 aromatic heterocycles. The van der Waals surface area contributed by atoms with Crippen molar-refractivity contribution in [2.24, 2.45) is 0 Å². The summed E-state index contributed by atoms with van der Waals surface area (Å²) in [5.74, 6) is 0. The van der Waals surface area contributed by atoms with E-state index in [-0.39, 0.29) is 16.4 Å². The summed E-state index contributed by atoms with van der Waals surface area (Å²) in [7, 11) is 4.13. The molecule has 0 rings (SSSR count). The van der Waals surface area contributed by atoms with E-state index in [0.717, 1.165) is 0 Å². The van der Waals surface area contributed by atoms with E-state index < -0.39 is 0 Å².